The van der Waals surface area contributed by atoms with E-state index in [1.54, 1.807) is 22.7 Å². The van der Waals surface area contributed by atoms with Crippen molar-refractivity contribution in [3.63, 3.8) is 0 Å². The molecule has 0 fully saturated rings. The van der Waals surface area contributed by atoms with Crippen LogP contribution in [0.3, 0.4) is 0 Å². The van der Waals surface area contributed by atoms with E-state index in [-0.39, 0.29) is 0 Å². The van der Waals surface area contributed by atoms with Gasteiger partial charge in [-0.2, -0.15) is 0 Å². The molecule has 0 saturated carbocycles. The SMILES string of the molecule is NCc1nc(-c2cccs2)c(Cc2ccccn2)s1. The Morgan fingerprint density at radius 1 is 1.16 bits per heavy atom. The van der Waals surface area contributed by atoms with Gasteiger partial charge in [-0.25, -0.2) is 4.98 Å². The van der Waals surface area contributed by atoms with Gasteiger partial charge in [0.25, 0.3) is 0 Å². The maximum absolute atomic E-state index is 5.71. The maximum Gasteiger partial charge on any atom is 0.107 e. The standard InChI is InChI=1S/C14H13N3S2/c15-9-13-17-14(11-5-3-7-18-11)12(19-13)8-10-4-1-2-6-16-10/h1-7H,8-9,15H2. The van der Waals surface area contributed by atoms with E-state index in [1.165, 1.54) is 9.75 Å². The molecular formula is C14H13N3S2. The number of nitrogens with two attached hydrogens (primary N) is 1. The van der Waals surface area contributed by atoms with Gasteiger partial charge in [0.1, 0.15) is 5.01 Å². The van der Waals surface area contributed by atoms with Crippen LogP contribution in [-0.2, 0) is 13.0 Å². The molecule has 0 aromatic carbocycles. The molecule has 0 amide bonds. The Morgan fingerprint density at radius 2 is 2.11 bits per heavy atom. The van der Waals surface area contributed by atoms with E-state index in [4.69, 9.17) is 5.73 Å². The van der Waals surface area contributed by atoms with Gasteiger partial charge in [-0.3, -0.25) is 4.98 Å². The fourth-order valence-corrected chi connectivity index (χ4v) is 3.66. The minimum atomic E-state index is 0.491. The summed E-state index contributed by atoms with van der Waals surface area (Å²) < 4.78 is 0. The number of rotatable bonds is 4. The second kappa shape index (κ2) is 5.61. The predicted molar refractivity (Wildman–Crippen MR) is 80.4 cm³/mol. The van der Waals surface area contributed by atoms with E-state index in [1.807, 2.05) is 30.5 Å². The lowest BCUT2D eigenvalue weighted by Crippen LogP contribution is -1.94. The zero-order chi connectivity index (χ0) is 13.1. The van der Waals surface area contributed by atoms with Crippen LogP contribution in [-0.4, -0.2) is 9.97 Å². The number of aromatic nitrogens is 2. The van der Waals surface area contributed by atoms with Crippen LogP contribution in [0, 0.1) is 0 Å². The van der Waals surface area contributed by atoms with Gasteiger partial charge in [0.15, 0.2) is 0 Å². The van der Waals surface area contributed by atoms with Gasteiger partial charge in [0.05, 0.1) is 10.6 Å². The molecule has 5 heteroatoms. The van der Waals surface area contributed by atoms with Gasteiger partial charge in [0.2, 0.25) is 0 Å². The fourth-order valence-electron chi connectivity index (χ4n) is 1.88. The van der Waals surface area contributed by atoms with Crippen molar-refractivity contribution < 1.29 is 0 Å². The molecule has 0 aliphatic heterocycles. The summed E-state index contributed by atoms with van der Waals surface area (Å²) in [6.07, 6.45) is 2.64. The Hall–Kier alpha value is -1.56. The average molecular weight is 287 g/mol. The van der Waals surface area contributed by atoms with Gasteiger partial charge in [0, 0.05) is 29.7 Å². The first-order chi connectivity index (χ1) is 9.36. The quantitative estimate of drug-likeness (QED) is 0.801. The van der Waals surface area contributed by atoms with Crippen LogP contribution in [0.25, 0.3) is 10.6 Å². The summed E-state index contributed by atoms with van der Waals surface area (Å²) in [5, 5.41) is 3.05. The molecule has 0 atom stereocenters. The molecule has 19 heavy (non-hydrogen) atoms. The fraction of sp³-hybridized carbons (Fsp3) is 0.143. The lowest BCUT2D eigenvalue weighted by Gasteiger charge is -1.99. The van der Waals surface area contributed by atoms with Crippen LogP contribution in [0.1, 0.15) is 15.6 Å². The molecule has 3 nitrogen and oxygen atoms in total. The lowest BCUT2D eigenvalue weighted by molar-refractivity contribution is 1.04. The van der Waals surface area contributed by atoms with E-state index in [9.17, 15) is 0 Å². The van der Waals surface area contributed by atoms with E-state index in [0.29, 0.717) is 6.54 Å². The molecule has 0 unspecified atom stereocenters. The molecule has 0 spiro atoms. The Balaban J connectivity index is 1.98. The average Bonchev–Trinajstić information content (AvgIpc) is 3.08. The Labute approximate surface area is 119 Å². The number of thiophene rings is 1. The van der Waals surface area contributed by atoms with E-state index in [2.05, 4.69) is 21.4 Å². The topological polar surface area (TPSA) is 51.8 Å². The summed E-state index contributed by atoms with van der Waals surface area (Å²) in [6.45, 7) is 0.491. The van der Waals surface area contributed by atoms with Crippen molar-refractivity contribution in [2.75, 3.05) is 0 Å². The normalized spacial score (nSPS) is 10.8. The second-order valence-electron chi connectivity index (χ2n) is 4.06. The molecule has 0 aliphatic carbocycles. The van der Waals surface area contributed by atoms with Crippen molar-refractivity contribution in [2.24, 2.45) is 5.73 Å². The van der Waals surface area contributed by atoms with E-state index < -0.39 is 0 Å². The minimum Gasteiger partial charge on any atom is -0.325 e. The third-order valence-corrected chi connectivity index (χ3v) is 4.69. The predicted octanol–water partition coefficient (Wildman–Crippen LogP) is 3.32. The molecule has 0 bridgehead atoms. The first-order valence-electron chi connectivity index (χ1n) is 5.99. The van der Waals surface area contributed by atoms with Crippen LogP contribution >= 0.6 is 22.7 Å². The second-order valence-corrected chi connectivity index (χ2v) is 6.17. The molecule has 0 radical (unpaired) electrons. The molecule has 96 valence electrons. The number of hydrogen-bond donors (Lipinski definition) is 1. The number of thiazole rings is 1. The van der Waals surface area contributed by atoms with Crippen molar-refractivity contribution in [3.05, 3.63) is 57.5 Å². The van der Waals surface area contributed by atoms with E-state index in [0.717, 1.165) is 22.8 Å². The van der Waals surface area contributed by atoms with Crippen LogP contribution in [0.2, 0.25) is 0 Å². The van der Waals surface area contributed by atoms with Crippen molar-refractivity contribution in [1.29, 1.82) is 0 Å². The largest absolute Gasteiger partial charge is 0.325 e. The van der Waals surface area contributed by atoms with Crippen molar-refractivity contribution in [1.82, 2.24) is 9.97 Å². The van der Waals surface area contributed by atoms with Crippen molar-refractivity contribution in [3.8, 4) is 10.6 Å². The molecule has 2 N–H and O–H groups in total. The van der Waals surface area contributed by atoms with Gasteiger partial charge in [-0.05, 0) is 23.6 Å². The molecule has 3 rings (SSSR count). The molecule has 3 aromatic rings. The van der Waals surface area contributed by atoms with Gasteiger partial charge >= 0.3 is 0 Å². The third kappa shape index (κ3) is 2.73. The highest BCUT2D eigenvalue weighted by molar-refractivity contribution is 7.15. The van der Waals surface area contributed by atoms with E-state index >= 15 is 0 Å². The number of hydrogen-bond acceptors (Lipinski definition) is 5. The molecular weight excluding hydrogens is 274 g/mol. The van der Waals surface area contributed by atoms with Crippen LogP contribution < -0.4 is 5.73 Å². The Kier molecular flexibility index (Phi) is 3.68. The summed E-state index contributed by atoms with van der Waals surface area (Å²) in [4.78, 5) is 11.5. The first-order valence-corrected chi connectivity index (χ1v) is 7.69. The lowest BCUT2D eigenvalue weighted by atomic mass is 10.2. The Morgan fingerprint density at radius 3 is 2.79 bits per heavy atom. The molecule has 3 heterocycles. The smallest absolute Gasteiger partial charge is 0.107 e. The first kappa shape index (κ1) is 12.5. The number of pyridine rings is 1. The summed E-state index contributed by atoms with van der Waals surface area (Å²) in [5.41, 5.74) is 7.84. The van der Waals surface area contributed by atoms with Crippen LogP contribution in [0.5, 0.6) is 0 Å². The Bertz CT molecular complexity index is 645. The van der Waals surface area contributed by atoms with Gasteiger partial charge in [-0.1, -0.05) is 12.1 Å². The highest BCUT2D eigenvalue weighted by Crippen LogP contribution is 2.32. The zero-order valence-electron chi connectivity index (χ0n) is 10.2. The van der Waals surface area contributed by atoms with Gasteiger partial charge in [-0.15, -0.1) is 22.7 Å². The zero-order valence-corrected chi connectivity index (χ0v) is 11.9. The monoisotopic (exact) mass is 287 g/mol. The van der Waals surface area contributed by atoms with Crippen molar-refractivity contribution >= 4 is 22.7 Å². The number of nitrogens with zero attached hydrogens (tertiary/aromatic N) is 2. The summed E-state index contributed by atoms with van der Waals surface area (Å²) in [5.74, 6) is 0. The van der Waals surface area contributed by atoms with Crippen LogP contribution in [0.15, 0.2) is 41.9 Å². The van der Waals surface area contributed by atoms with Gasteiger partial charge < -0.3 is 5.73 Å². The molecule has 0 aliphatic rings. The molecule has 3 aromatic heterocycles. The van der Waals surface area contributed by atoms with Crippen molar-refractivity contribution in [2.45, 2.75) is 13.0 Å². The van der Waals surface area contributed by atoms with Crippen LogP contribution in [0.4, 0.5) is 0 Å². The highest BCUT2D eigenvalue weighted by Gasteiger charge is 2.14. The summed E-state index contributed by atoms with van der Waals surface area (Å²) in [6, 6.07) is 10.1. The third-order valence-electron chi connectivity index (χ3n) is 2.74. The summed E-state index contributed by atoms with van der Waals surface area (Å²) in [7, 11) is 0. The maximum atomic E-state index is 5.71. The minimum absolute atomic E-state index is 0.491. The summed E-state index contributed by atoms with van der Waals surface area (Å²) >= 11 is 3.39. The highest BCUT2D eigenvalue weighted by atomic mass is 32.1. The molecule has 0 saturated heterocycles.